The number of aliphatic hydroxyl groups is 1. The summed E-state index contributed by atoms with van der Waals surface area (Å²) in [7, 11) is 0. The number of carbonyl (C=O) groups is 7. The van der Waals surface area contributed by atoms with Crippen molar-refractivity contribution >= 4 is 53.3 Å². The highest BCUT2D eigenvalue weighted by Crippen LogP contribution is 2.21. The number of hydrogen-bond acceptors (Lipinski definition) is 11. The number of phenolic OH excluding ortho intramolecular Hbond substituents is 2. The molecule has 24 heteroatoms. The van der Waals surface area contributed by atoms with Gasteiger partial charge in [0.2, 0.25) is 35.4 Å². The Bertz CT molecular complexity index is 2080. The molecule has 6 amide bonds. The van der Waals surface area contributed by atoms with Crippen LogP contribution in [0.25, 0.3) is 0 Å². The highest BCUT2D eigenvalue weighted by atomic mass is 16.4. The van der Waals surface area contributed by atoms with Gasteiger partial charge in [-0.1, -0.05) is 44.5 Å². The number of nitrogens with zero attached hydrogens (tertiary/aromatic N) is 1. The lowest BCUT2D eigenvalue weighted by Gasteiger charge is -2.30. The van der Waals surface area contributed by atoms with Crippen LogP contribution in [0, 0.1) is 5.92 Å². The molecule has 1 fully saturated rings. The number of carbonyl (C=O) groups excluding carboxylic acids is 6. The third-order valence-electron chi connectivity index (χ3n) is 11.5. The van der Waals surface area contributed by atoms with Gasteiger partial charge in [-0.3, -0.25) is 61.7 Å². The normalized spacial score (nSPS) is 16.3. The number of carboxylic acids is 1. The van der Waals surface area contributed by atoms with E-state index in [0.29, 0.717) is 24.0 Å². The highest BCUT2D eigenvalue weighted by Gasteiger charge is 2.39. The van der Waals surface area contributed by atoms with Gasteiger partial charge in [-0.15, -0.1) is 0 Å². The number of guanidine groups is 2. The summed E-state index contributed by atoms with van der Waals surface area (Å²) in [4.78, 5) is 102. The Morgan fingerprint density at radius 2 is 1.10 bits per heavy atom. The number of benzene rings is 2. The second-order valence-corrected chi connectivity index (χ2v) is 16.7. The smallest absolute Gasteiger partial charge is 0.338 e. The number of nitrogens with two attached hydrogens (primary N) is 5. The first kappa shape index (κ1) is 55.1. The summed E-state index contributed by atoms with van der Waals surface area (Å²) in [6, 6.07) is 2.28. The van der Waals surface area contributed by atoms with Crippen molar-refractivity contribution in [3.05, 3.63) is 59.7 Å². The van der Waals surface area contributed by atoms with Crippen LogP contribution in [-0.2, 0) is 46.4 Å². The van der Waals surface area contributed by atoms with Crippen LogP contribution < -0.4 is 65.2 Å². The van der Waals surface area contributed by atoms with Crippen molar-refractivity contribution in [3.63, 3.8) is 0 Å². The monoisotopic (exact) mass is 956 g/mol. The fraction of sp³-hybridized carbons (Fsp3) is 0.523. The quantitative estimate of drug-likeness (QED) is 0.0225. The predicted octanol–water partition coefficient (Wildman–Crippen LogP) is -6.98. The van der Waals surface area contributed by atoms with Crippen molar-refractivity contribution < 1.29 is 64.0 Å². The topological polar surface area (TPSA) is 422 Å². The molecule has 0 saturated carbocycles. The van der Waals surface area contributed by atoms with E-state index in [1.807, 2.05) is 13.8 Å². The van der Waals surface area contributed by atoms with E-state index in [1.165, 1.54) is 53.4 Å². The van der Waals surface area contributed by atoms with Gasteiger partial charge >= 0.3 is 17.9 Å². The van der Waals surface area contributed by atoms with Gasteiger partial charge in [0.1, 0.15) is 47.8 Å². The Labute approximate surface area is 393 Å². The SMILES string of the molecule is CC[C@H](C)[C@H](N)C(=O)N1CCC[C@H]1C(=O)N[C@@H](CO)C(=O)N[C@@H](Cc1ccc(O)cc1)C(=O)N[C@@H](CCC[NH+]=C(N)N)C(=O)N[C@@H](Cc1ccc(O)cc1)C(=O)N[C@@H](CCC[NH+]=C(N)N)C(=O)O. The largest absolute Gasteiger partial charge is 0.508 e. The molecule has 1 aliphatic rings. The summed E-state index contributed by atoms with van der Waals surface area (Å²) in [5.74, 6) is -6.64. The first-order valence-electron chi connectivity index (χ1n) is 22.4. The molecule has 0 aliphatic carbocycles. The van der Waals surface area contributed by atoms with Crippen LogP contribution in [0.4, 0.5) is 0 Å². The number of amides is 6. The third-order valence-corrected chi connectivity index (χ3v) is 11.5. The van der Waals surface area contributed by atoms with E-state index in [2.05, 4.69) is 36.6 Å². The molecule has 0 aromatic heterocycles. The molecule has 1 heterocycles. The van der Waals surface area contributed by atoms with Crippen molar-refractivity contribution in [1.29, 1.82) is 0 Å². The number of aliphatic carboxylic acids is 1. The minimum atomic E-state index is -1.59. The molecule has 0 unspecified atom stereocenters. The van der Waals surface area contributed by atoms with Crippen LogP contribution >= 0.6 is 0 Å². The summed E-state index contributed by atoms with van der Waals surface area (Å²) in [5.41, 5.74) is 29.1. The maximum absolute atomic E-state index is 14.3. The van der Waals surface area contributed by atoms with Crippen LogP contribution in [0.15, 0.2) is 48.5 Å². The maximum atomic E-state index is 14.3. The van der Waals surface area contributed by atoms with Crippen molar-refractivity contribution in [3.8, 4) is 11.5 Å². The van der Waals surface area contributed by atoms with Crippen molar-refractivity contribution in [2.45, 2.75) is 114 Å². The molecule has 2 aromatic carbocycles. The van der Waals surface area contributed by atoms with E-state index in [0.717, 1.165) is 0 Å². The van der Waals surface area contributed by atoms with E-state index in [9.17, 15) is 54.0 Å². The van der Waals surface area contributed by atoms with Crippen molar-refractivity contribution in [2.75, 3.05) is 26.2 Å². The van der Waals surface area contributed by atoms with Crippen molar-refractivity contribution in [2.24, 2.45) is 34.6 Å². The number of phenols is 2. The Hall–Kier alpha value is -7.21. The van der Waals surface area contributed by atoms with Crippen molar-refractivity contribution in [1.82, 2.24) is 31.5 Å². The number of hydrogen-bond donors (Lipinski definition) is 16. The number of aromatic hydroxyl groups is 2. The molecule has 0 bridgehead atoms. The Morgan fingerprint density at radius 3 is 1.54 bits per heavy atom. The zero-order chi connectivity index (χ0) is 50.5. The van der Waals surface area contributed by atoms with Gasteiger partial charge in [0.05, 0.1) is 25.7 Å². The van der Waals surface area contributed by atoms with E-state index >= 15 is 0 Å². The van der Waals surface area contributed by atoms with Gasteiger partial charge in [0.25, 0.3) is 0 Å². The van der Waals surface area contributed by atoms with Gasteiger partial charge in [0.15, 0.2) is 0 Å². The minimum absolute atomic E-state index is 0.0467. The molecule has 1 saturated heterocycles. The minimum Gasteiger partial charge on any atom is -0.508 e. The maximum Gasteiger partial charge on any atom is 0.338 e. The molecule has 0 spiro atoms. The molecule has 1 aliphatic heterocycles. The molecule has 3 rings (SSSR count). The van der Waals surface area contributed by atoms with E-state index in [4.69, 9.17) is 28.7 Å². The van der Waals surface area contributed by atoms with Crippen LogP contribution in [0.5, 0.6) is 11.5 Å². The second-order valence-electron chi connectivity index (χ2n) is 16.7. The Morgan fingerprint density at radius 1 is 0.676 bits per heavy atom. The van der Waals surface area contributed by atoms with Crippen LogP contribution in [0.1, 0.15) is 69.9 Å². The fourth-order valence-corrected chi connectivity index (χ4v) is 7.30. The van der Waals surface area contributed by atoms with E-state index < -0.39 is 90.3 Å². The number of nitrogens with one attached hydrogen (secondary N) is 7. The standard InChI is InChI=1S/C44H67N13O11/c1-3-24(2)35(45)41(66)57-20-6-9-34(57)40(65)56-33(23-58)39(64)55-31(21-25-10-14-27(59)15-11-25)37(62)52-29(7-4-18-50-43(46)47)36(61)54-32(22-26-12-16-28(60)17-13-26)38(63)53-30(42(67)68)8-5-19-51-44(48)49/h10-17,24,29-35,58-60H,3-9,18-23,45H2,1-2H3,(H,52,62)(H,53,63)(H,54,61)(H,55,64)(H,56,65)(H,67,68)(H4,46,47,50)(H4,48,49,51)/p+2/t24-,29-,30-,31-,32-,33-,34-,35-/m0/s1. The average molecular weight is 956 g/mol. The fourth-order valence-electron chi connectivity index (χ4n) is 7.30. The third kappa shape index (κ3) is 17.9. The van der Waals surface area contributed by atoms with E-state index in [-0.39, 0.29) is 93.9 Å². The predicted molar refractivity (Wildman–Crippen MR) is 247 cm³/mol. The Kier molecular flexibility index (Phi) is 22.2. The van der Waals surface area contributed by atoms with Crippen LogP contribution in [-0.4, -0.2) is 147 Å². The van der Waals surface area contributed by atoms with E-state index in [1.54, 1.807) is 0 Å². The molecule has 21 N–H and O–H groups in total. The van der Waals surface area contributed by atoms with Gasteiger partial charge < -0.3 is 57.6 Å². The number of carboxylic acid groups (broad SMARTS) is 1. The lowest BCUT2D eigenvalue weighted by atomic mass is 9.98. The van der Waals surface area contributed by atoms with Gasteiger partial charge in [0, 0.05) is 19.4 Å². The van der Waals surface area contributed by atoms with Crippen LogP contribution in [0.3, 0.4) is 0 Å². The summed E-state index contributed by atoms with van der Waals surface area (Å²) in [6.45, 7) is 3.42. The molecule has 0 radical (unpaired) electrons. The summed E-state index contributed by atoms with van der Waals surface area (Å²) >= 11 is 0. The molecular formula is C44H69N13O11+2. The zero-order valence-electron chi connectivity index (χ0n) is 38.4. The summed E-state index contributed by atoms with van der Waals surface area (Å²) < 4.78 is 0. The molecule has 374 valence electrons. The molecular weight excluding hydrogens is 887 g/mol. The van der Waals surface area contributed by atoms with Gasteiger partial charge in [-0.2, -0.15) is 0 Å². The molecule has 2 aromatic rings. The lowest BCUT2D eigenvalue weighted by Crippen LogP contribution is -2.78. The molecule has 8 atom stereocenters. The number of aliphatic hydroxyl groups excluding tert-OH is 1. The van der Waals surface area contributed by atoms with Gasteiger partial charge in [-0.25, -0.2) is 4.79 Å². The van der Waals surface area contributed by atoms with Crippen LogP contribution in [0.2, 0.25) is 0 Å². The second kappa shape index (κ2) is 27.4. The Balaban J connectivity index is 1.92. The number of rotatable bonds is 27. The number of likely N-dealkylation sites (tertiary alicyclic amines) is 1. The molecule has 68 heavy (non-hydrogen) atoms. The summed E-state index contributed by atoms with van der Waals surface area (Å²) in [5, 5.41) is 52.8. The highest BCUT2D eigenvalue weighted by molar-refractivity contribution is 5.97. The lowest BCUT2D eigenvalue weighted by molar-refractivity contribution is -0.460. The van der Waals surface area contributed by atoms with Gasteiger partial charge in [-0.05, 0) is 79.8 Å². The first-order valence-corrected chi connectivity index (χ1v) is 22.4. The molecule has 24 nitrogen and oxygen atoms in total. The average Bonchev–Trinajstić information content (AvgIpc) is 3.80. The zero-order valence-corrected chi connectivity index (χ0v) is 38.4. The summed E-state index contributed by atoms with van der Waals surface area (Å²) in [6.07, 6.45) is 1.27. The first-order chi connectivity index (χ1) is 32.2.